The van der Waals surface area contributed by atoms with Gasteiger partial charge in [-0.05, 0) is 24.7 Å². The molecular weight excluding hydrogens is 312 g/mol. The normalized spacial score (nSPS) is 27.5. The SMILES string of the molecule is NC(=O)C(N)=NC(=O)C1(CC(=O)NO)CC1CCC1CCCCC1. The maximum atomic E-state index is 12.4. The van der Waals surface area contributed by atoms with Crippen molar-refractivity contribution in [3.8, 4) is 0 Å². The van der Waals surface area contributed by atoms with Gasteiger partial charge in [-0.2, -0.15) is 4.99 Å². The number of aliphatic imine (C=N–C) groups is 1. The highest BCUT2D eigenvalue weighted by atomic mass is 16.5. The minimum atomic E-state index is -0.971. The quantitative estimate of drug-likeness (QED) is 0.242. The van der Waals surface area contributed by atoms with Gasteiger partial charge < -0.3 is 11.5 Å². The topological polar surface area (TPSA) is 148 Å². The van der Waals surface area contributed by atoms with E-state index in [2.05, 4.69) is 4.99 Å². The molecule has 24 heavy (non-hydrogen) atoms. The number of rotatable bonds is 6. The lowest BCUT2D eigenvalue weighted by Crippen LogP contribution is -2.34. The molecule has 0 radical (unpaired) electrons. The molecule has 0 spiro atoms. The Bertz CT molecular complexity index is 542. The van der Waals surface area contributed by atoms with Crippen molar-refractivity contribution < 1.29 is 19.6 Å². The Kier molecular flexibility index (Phi) is 5.93. The first-order chi connectivity index (χ1) is 11.4. The van der Waals surface area contributed by atoms with E-state index < -0.39 is 29.0 Å². The number of amides is 3. The molecule has 2 fully saturated rings. The fraction of sp³-hybridized carbons (Fsp3) is 0.750. The number of hydroxylamine groups is 1. The van der Waals surface area contributed by atoms with Crippen LogP contribution in [0.3, 0.4) is 0 Å². The van der Waals surface area contributed by atoms with Gasteiger partial charge in [0.25, 0.3) is 11.8 Å². The molecule has 0 bridgehead atoms. The molecule has 0 heterocycles. The lowest BCUT2D eigenvalue weighted by molar-refractivity contribution is -0.135. The summed E-state index contributed by atoms with van der Waals surface area (Å²) < 4.78 is 0. The number of nitrogens with one attached hydrogen (secondary N) is 1. The van der Waals surface area contributed by atoms with E-state index >= 15 is 0 Å². The van der Waals surface area contributed by atoms with Crippen LogP contribution in [0.25, 0.3) is 0 Å². The van der Waals surface area contributed by atoms with Crippen molar-refractivity contribution in [1.29, 1.82) is 0 Å². The average Bonchev–Trinajstić information content (AvgIpc) is 3.27. The van der Waals surface area contributed by atoms with Crippen LogP contribution in [0, 0.1) is 17.3 Å². The Morgan fingerprint density at radius 3 is 2.38 bits per heavy atom. The van der Waals surface area contributed by atoms with E-state index in [4.69, 9.17) is 16.7 Å². The van der Waals surface area contributed by atoms with Crippen LogP contribution in [0.4, 0.5) is 0 Å². The Morgan fingerprint density at radius 1 is 1.12 bits per heavy atom. The molecule has 2 rings (SSSR count). The minimum absolute atomic E-state index is 0.0219. The van der Waals surface area contributed by atoms with Crippen LogP contribution in [-0.2, 0) is 14.4 Å². The van der Waals surface area contributed by atoms with Crippen molar-refractivity contribution in [2.75, 3.05) is 0 Å². The van der Waals surface area contributed by atoms with Crippen LogP contribution in [0.2, 0.25) is 0 Å². The predicted molar refractivity (Wildman–Crippen MR) is 86.7 cm³/mol. The van der Waals surface area contributed by atoms with Crippen LogP contribution in [-0.4, -0.2) is 28.8 Å². The van der Waals surface area contributed by atoms with Crippen molar-refractivity contribution in [1.82, 2.24) is 5.48 Å². The molecule has 134 valence electrons. The second kappa shape index (κ2) is 7.74. The summed E-state index contributed by atoms with van der Waals surface area (Å²) in [7, 11) is 0. The zero-order valence-corrected chi connectivity index (χ0v) is 13.8. The molecule has 2 aliphatic rings. The second-order valence-electron chi connectivity index (χ2n) is 7.02. The van der Waals surface area contributed by atoms with Gasteiger partial charge in [-0.3, -0.25) is 19.6 Å². The van der Waals surface area contributed by atoms with Crippen molar-refractivity contribution >= 4 is 23.6 Å². The Balaban J connectivity index is 2.00. The Morgan fingerprint density at radius 2 is 1.79 bits per heavy atom. The fourth-order valence-corrected chi connectivity index (χ4v) is 3.83. The first kappa shape index (κ1) is 18.4. The molecule has 8 nitrogen and oxygen atoms in total. The lowest BCUT2D eigenvalue weighted by atomic mass is 9.84. The van der Waals surface area contributed by atoms with Crippen molar-refractivity contribution in [2.24, 2.45) is 33.7 Å². The molecule has 2 atom stereocenters. The number of hydrogen-bond acceptors (Lipinski definition) is 4. The lowest BCUT2D eigenvalue weighted by Gasteiger charge is -2.21. The third-order valence-corrected chi connectivity index (χ3v) is 5.38. The van der Waals surface area contributed by atoms with Gasteiger partial charge in [0.2, 0.25) is 5.91 Å². The van der Waals surface area contributed by atoms with E-state index in [0.717, 1.165) is 12.8 Å². The number of nitrogens with two attached hydrogens (primary N) is 2. The van der Waals surface area contributed by atoms with E-state index in [-0.39, 0.29) is 12.3 Å². The summed E-state index contributed by atoms with van der Waals surface area (Å²) in [4.78, 5) is 38.5. The monoisotopic (exact) mass is 338 g/mol. The maximum absolute atomic E-state index is 12.4. The largest absolute Gasteiger partial charge is 0.379 e. The van der Waals surface area contributed by atoms with Crippen LogP contribution in [0.5, 0.6) is 0 Å². The summed E-state index contributed by atoms with van der Waals surface area (Å²) in [5.74, 6) is -2.06. The molecular formula is C16H26N4O4. The zero-order chi connectivity index (χ0) is 17.7. The van der Waals surface area contributed by atoms with E-state index in [1.807, 2.05) is 0 Å². The van der Waals surface area contributed by atoms with Crippen molar-refractivity contribution in [3.05, 3.63) is 0 Å². The number of primary amides is 1. The standard InChI is InChI=1S/C16H26N4O4/c17-13(14(18)22)19-15(23)16(9-12(21)20-24)8-11(16)7-6-10-4-2-1-3-5-10/h10-11,24H,1-9H2,(H2,18,22)(H,20,21)(H2,17,19,23). The van der Waals surface area contributed by atoms with Gasteiger partial charge in [-0.15, -0.1) is 0 Å². The van der Waals surface area contributed by atoms with Gasteiger partial charge in [-0.1, -0.05) is 38.5 Å². The Hall–Kier alpha value is -1.96. The molecule has 8 heteroatoms. The molecule has 0 aromatic heterocycles. The van der Waals surface area contributed by atoms with Gasteiger partial charge in [-0.25, -0.2) is 5.48 Å². The minimum Gasteiger partial charge on any atom is -0.379 e. The van der Waals surface area contributed by atoms with Crippen molar-refractivity contribution in [3.63, 3.8) is 0 Å². The van der Waals surface area contributed by atoms with Gasteiger partial charge in [0.15, 0.2) is 5.84 Å². The first-order valence-electron chi connectivity index (χ1n) is 8.50. The summed E-state index contributed by atoms with van der Waals surface area (Å²) in [6, 6.07) is 0. The van der Waals surface area contributed by atoms with Gasteiger partial charge in [0, 0.05) is 6.42 Å². The zero-order valence-electron chi connectivity index (χ0n) is 13.8. The highest BCUT2D eigenvalue weighted by Gasteiger charge is 2.60. The molecule has 2 aliphatic carbocycles. The predicted octanol–water partition coefficient (Wildman–Crippen LogP) is 0.618. The molecule has 0 aliphatic heterocycles. The van der Waals surface area contributed by atoms with E-state index in [9.17, 15) is 14.4 Å². The molecule has 2 saturated carbocycles. The Labute approximate surface area is 141 Å². The van der Waals surface area contributed by atoms with E-state index in [0.29, 0.717) is 12.3 Å². The fourth-order valence-electron chi connectivity index (χ4n) is 3.83. The molecule has 3 amide bonds. The number of hydrogen-bond donors (Lipinski definition) is 4. The van der Waals surface area contributed by atoms with Gasteiger partial charge in [0.05, 0.1) is 5.41 Å². The number of amidine groups is 1. The van der Waals surface area contributed by atoms with Crippen LogP contribution >= 0.6 is 0 Å². The van der Waals surface area contributed by atoms with E-state index in [1.165, 1.54) is 32.1 Å². The third kappa shape index (κ3) is 4.31. The molecule has 0 aromatic rings. The maximum Gasteiger partial charge on any atom is 0.284 e. The molecule has 6 N–H and O–H groups in total. The van der Waals surface area contributed by atoms with E-state index in [1.54, 1.807) is 5.48 Å². The van der Waals surface area contributed by atoms with Crippen LogP contribution in [0.15, 0.2) is 4.99 Å². The number of carbonyl (C=O) groups excluding carboxylic acids is 3. The summed E-state index contributed by atoms with van der Waals surface area (Å²) in [6.45, 7) is 0. The number of nitrogens with zero attached hydrogens (tertiary/aromatic N) is 1. The smallest absolute Gasteiger partial charge is 0.284 e. The molecule has 0 aromatic carbocycles. The van der Waals surface area contributed by atoms with Crippen LogP contribution in [0.1, 0.15) is 57.8 Å². The average molecular weight is 338 g/mol. The summed E-state index contributed by atoms with van der Waals surface area (Å²) in [6.07, 6.45) is 8.46. The number of carbonyl (C=O) groups is 3. The summed E-state index contributed by atoms with van der Waals surface area (Å²) in [5.41, 5.74) is 10.9. The van der Waals surface area contributed by atoms with Crippen LogP contribution < -0.4 is 16.9 Å². The summed E-state index contributed by atoms with van der Waals surface area (Å²) in [5, 5.41) is 8.75. The summed E-state index contributed by atoms with van der Waals surface area (Å²) >= 11 is 0. The second-order valence-corrected chi connectivity index (χ2v) is 7.02. The van der Waals surface area contributed by atoms with Gasteiger partial charge >= 0.3 is 0 Å². The first-order valence-corrected chi connectivity index (χ1v) is 8.50. The van der Waals surface area contributed by atoms with Crippen molar-refractivity contribution in [2.45, 2.75) is 57.8 Å². The highest BCUT2D eigenvalue weighted by molar-refractivity contribution is 6.38. The third-order valence-electron chi connectivity index (χ3n) is 5.38. The molecule has 2 unspecified atom stereocenters. The van der Waals surface area contributed by atoms with Gasteiger partial charge in [0.1, 0.15) is 0 Å². The molecule has 0 saturated heterocycles. The highest BCUT2D eigenvalue weighted by Crippen LogP contribution is 2.59.